The molecule has 1 atom stereocenters. The second kappa shape index (κ2) is 7.77. The van der Waals surface area contributed by atoms with Crippen molar-refractivity contribution in [2.24, 2.45) is 0 Å². The summed E-state index contributed by atoms with van der Waals surface area (Å²) in [6, 6.07) is 7.55. The Labute approximate surface area is 146 Å². The van der Waals surface area contributed by atoms with E-state index >= 15 is 0 Å². The molecule has 24 heavy (non-hydrogen) atoms. The summed E-state index contributed by atoms with van der Waals surface area (Å²) in [5, 5.41) is 11.9. The molecule has 1 aliphatic heterocycles. The summed E-state index contributed by atoms with van der Waals surface area (Å²) in [6.45, 7) is 4.23. The lowest BCUT2D eigenvalue weighted by molar-refractivity contribution is -0.121. The summed E-state index contributed by atoms with van der Waals surface area (Å²) in [7, 11) is 0. The predicted octanol–water partition coefficient (Wildman–Crippen LogP) is 2.88. The van der Waals surface area contributed by atoms with E-state index in [1.807, 2.05) is 19.1 Å². The van der Waals surface area contributed by atoms with Gasteiger partial charge in [0, 0.05) is 29.6 Å². The Morgan fingerprint density at radius 3 is 3.12 bits per heavy atom. The van der Waals surface area contributed by atoms with Crippen LogP contribution in [-0.4, -0.2) is 40.1 Å². The Morgan fingerprint density at radius 2 is 2.33 bits per heavy atom. The van der Waals surface area contributed by atoms with Crippen LogP contribution in [0.25, 0.3) is 11.5 Å². The number of benzene rings is 1. The summed E-state index contributed by atoms with van der Waals surface area (Å²) >= 11 is 5.99. The number of carbonyl (C=O) groups is 1. The minimum Gasteiger partial charge on any atom is -0.419 e. The molecule has 1 N–H and O–H groups in total. The zero-order valence-corrected chi connectivity index (χ0v) is 14.4. The quantitative estimate of drug-likeness (QED) is 0.899. The number of hydrogen-bond acceptors (Lipinski definition) is 5. The first-order chi connectivity index (χ1) is 11.6. The number of nitrogens with one attached hydrogen (secondary N) is 1. The Balaban J connectivity index is 1.61. The van der Waals surface area contributed by atoms with Crippen LogP contribution in [0.2, 0.25) is 5.02 Å². The standard InChI is InChI=1S/C17H21ClN4O2/c1-2-15(23)19-14-7-4-8-22(10-14)11-16-20-21-17(24-16)12-5-3-6-13(18)9-12/h3,5-6,9,14H,2,4,7-8,10-11H2,1H3,(H,19,23)/t14-/m0/s1. The molecule has 0 spiro atoms. The van der Waals surface area contributed by atoms with Gasteiger partial charge in [-0.3, -0.25) is 9.69 Å². The lowest BCUT2D eigenvalue weighted by atomic mass is 10.1. The molecule has 6 nitrogen and oxygen atoms in total. The van der Waals surface area contributed by atoms with Crippen molar-refractivity contribution in [3.63, 3.8) is 0 Å². The highest BCUT2D eigenvalue weighted by molar-refractivity contribution is 6.30. The van der Waals surface area contributed by atoms with E-state index in [9.17, 15) is 4.79 Å². The highest BCUT2D eigenvalue weighted by atomic mass is 35.5. The number of piperidine rings is 1. The lowest BCUT2D eigenvalue weighted by Gasteiger charge is -2.32. The van der Waals surface area contributed by atoms with E-state index in [1.54, 1.807) is 12.1 Å². The van der Waals surface area contributed by atoms with Crippen molar-refractivity contribution in [1.29, 1.82) is 0 Å². The van der Waals surface area contributed by atoms with Crippen LogP contribution in [0.3, 0.4) is 0 Å². The fraction of sp³-hybridized carbons (Fsp3) is 0.471. The van der Waals surface area contributed by atoms with Gasteiger partial charge in [-0.25, -0.2) is 0 Å². The molecular weight excluding hydrogens is 328 g/mol. The molecule has 2 aromatic rings. The van der Waals surface area contributed by atoms with Crippen LogP contribution < -0.4 is 5.32 Å². The van der Waals surface area contributed by atoms with Crippen molar-refractivity contribution < 1.29 is 9.21 Å². The summed E-state index contributed by atoms with van der Waals surface area (Å²) in [4.78, 5) is 13.8. The van der Waals surface area contributed by atoms with Crippen LogP contribution in [0.15, 0.2) is 28.7 Å². The van der Waals surface area contributed by atoms with Crippen LogP contribution in [-0.2, 0) is 11.3 Å². The van der Waals surface area contributed by atoms with E-state index in [0.29, 0.717) is 29.8 Å². The maximum atomic E-state index is 11.6. The Morgan fingerprint density at radius 1 is 1.46 bits per heavy atom. The van der Waals surface area contributed by atoms with E-state index in [2.05, 4.69) is 20.4 Å². The average Bonchev–Trinajstić information content (AvgIpc) is 3.03. The topological polar surface area (TPSA) is 71.3 Å². The van der Waals surface area contributed by atoms with Crippen LogP contribution in [0, 0.1) is 0 Å². The van der Waals surface area contributed by atoms with E-state index in [1.165, 1.54) is 0 Å². The second-order valence-electron chi connectivity index (χ2n) is 6.01. The van der Waals surface area contributed by atoms with Crippen molar-refractivity contribution in [3.05, 3.63) is 35.2 Å². The van der Waals surface area contributed by atoms with Gasteiger partial charge in [0.2, 0.25) is 17.7 Å². The molecule has 1 amide bonds. The van der Waals surface area contributed by atoms with Crippen molar-refractivity contribution in [2.45, 2.75) is 38.8 Å². The molecule has 0 saturated carbocycles. The smallest absolute Gasteiger partial charge is 0.247 e. The molecular formula is C17H21ClN4O2. The van der Waals surface area contributed by atoms with Gasteiger partial charge in [0.15, 0.2) is 0 Å². The fourth-order valence-electron chi connectivity index (χ4n) is 2.89. The van der Waals surface area contributed by atoms with Crippen molar-refractivity contribution in [2.75, 3.05) is 13.1 Å². The molecule has 1 aliphatic rings. The number of carbonyl (C=O) groups excluding carboxylic acids is 1. The number of rotatable bonds is 5. The van der Waals surface area contributed by atoms with Crippen LogP contribution >= 0.6 is 11.6 Å². The van der Waals surface area contributed by atoms with Crippen molar-refractivity contribution >= 4 is 17.5 Å². The minimum absolute atomic E-state index is 0.0999. The maximum Gasteiger partial charge on any atom is 0.247 e. The lowest BCUT2D eigenvalue weighted by Crippen LogP contribution is -2.47. The van der Waals surface area contributed by atoms with Gasteiger partial charge in [0.05, 0.1) is 6.54 Å². The highest BCUT2D eigenvalue weighted by Gasteiger charge is 2.22. The molecule has 3 rings (SSSR count). The largest absolute Gasteiger partial charge is 0.419 e. The van der Waals surface area contributed by atoms with Gasteiger partial charge in [0.1, 0.15) is 0 Å². The number of hydrogen-bond donors (Lipinski definition) is 1. The highest BCUT2D eigenvalue weighted by Crippen LogP contribution is 2.22. The van der Waals surface area contributed by atoms with Gasteiger partial charge in [0.25, 0.3) is 0 Å². The first-order valence-corrected chi connectivity index (χ1v) is 8.62. The minimum atomic E-state index is 0.0999. The van der Waals surface area contributed by atoms with Crippen molar-refractivity contribution in [3.8, 4) is 11.5 Å². The molecule has 0 unspecified atom stereocenters. The number of nitrogens with zero attached hydrogens (tertiary/aromatic N) is 3. The van der Waals surface area contributed by atoms with Gasteiger partial charge in [-0.05, 0) is 37.6 Å². The normalized spacial score (nSPS) is 18.5. The van der Waals surface area contributed by atoms with Crippen LogP contribution in [0.1, 0.15) is 32.1 Å². The third-order valence-corrected chi connectivity index (χ3v) is 4.32. The third kappa shape index (κ3) is 4.33. The van der Waals surface area contributed by atoms with E-state index < -0.39 is 0 Å². The molecule has 0 radical (unpaired) electrons. The SMILES string of the molecule is CCC(=O)N[C@H]1CCCN(Cc2nnc(-c3cccc(Cl)c3)o2)C1. The zero-order valence-electron chi connectivity index (χ0n) is 13.7. The summed E-state index contributed by atoms with van der Waals surface area (Å²) in [5.74, 6) is 1.15. The molecule has 1 fully saturated rings. The Hall–Kier alpha value is -1.92. The number of halogens is 1. The van der Waals surface area contributed by atoms with Gasteiger partial charge in [-0.1, -0.05) is 24.6 Å². The van der Waals surface area contributed by atoms with Crippen molar-refractivity contribution in [1.82, 2.24) is 20.4 Å². The Kier molecular flexibility index (Phi) is 5.48. The molecule has 1 saturated heterocycles. The summed E-state index contributed by atoms with van der Waals surface area (Å²) in [5.41, 5.74) is 0.813. The predicted molar refractivity (Wildman–Crippen MR) is 91.5 cm³/mol. The number of likely N-dealkylation sites (tertiary alicyclic amines) is 1. The van der Waals surface area contributed by atoms with Gasteiger partial charge < -0.3 is 9.73 Å². The van der Waals surface area contributed by atoms with Gasteiger partial charge in [-0.2, -0.15) is 0 Å². The number of amides is 1. The van der Waals surface area contributed by atoms with E-state index in [0.717, 1.165) is 31.5 Å². The summed E-state index contributed by atoms with van der Waals surface area (Å²) in [6.07, 6.45) is 2.58. The third-order valence-electron chi connectivity index (χ3n) is 4.09. The first-order valence-electron chi connectivity index (χ1n) is 8.24. The molecule has 128 valence electrons. The fourth-order valence-corrected chi connectivity index (χ4v) is 3.08. The van der Waals surface area contributed by atoms with E-state index in [4.69, 9.17) is 16.0 Å². The summed E-state index contributed by atoms with van der Waals surface area (Å²) < 4.78 is 5.76. The van der Waals surface area contributed by atoms with Crippen LogP contribution in [0.4, 0.5) is 0 Å². The van der Waals surface area contributed by atoms with E-state index in [-0.39, 0.29) is 11.9 Å². The second-order valence-corrected chi connectivity index (χ2v) is 6.44. The molecule has 0 bridgehead atoms. The monoisotopic (exact) mass is 348 g/mol. The van der Waals surface area contributed by atoms with Crippen LogP contribution in [0.5, 0.6) is 0 Å². The molecule has 1 aromatic heterocycles. The maximum absolute atomic E-state index is 11.6. The molecule has 1 aromatic carbocycles. The van der Waals surface area contributed by atoms with Gasteiger partial charge >= 0.3 is 0 Å². The first kappa shape index (κ1) is 16.9. The molecule has 7 heteroatoms. The average molecular weight is 349 g/mol. The number of aromatic nitrogens is 2. The van der Waals surface area contributed by atoms with Gasteiger partial charge in [-0.15, -0.1) is 10.2 Å². The Bertz CT molecular complexity index is 703. The molecule has 0 aliphatic carbocycles. The zero-order chi connectivity index (χ0) is 16.9. The molecule has 2 heterocycles.